The van der Waals surface area contributed by atoms with E-state index < -0.39 is 4.92 Å². The molecule has 2 rings (SSSR count). The molecule has 0 spiro atoms. The lowest BCUT2D eigenvalue weighted by Gasteiger charge is -2.10. The average molecular weight is 358 g/mol. The van der Waals surface area contributed by atoms with Crippen LogP contribution in [-0.2, 0) is 0 Å². The summed E-state index contributed by atoms with van der Waals surface area (Å²) >= 11 is 9.26. The molecule has 1 aromatic carbocycles. The van der Waals surface area contributed by atoms with Gasteiger partial charge in [0, 0.05) is 16.2 Å². The molecule has 0 aliphatic heterocycles. The molecule has 2 aromatic rings. The van der Waals surface area contributed by atoms with Crippen LogP contribution in [-0.4, -0.2) is 9.91 Å². The summed E-state index contributed by atoms with van der Waals surface area (Å²) in [6.45, 7) is 3.48. The second-order valence-corrected chi connectivity index (χ2v) is 5.53. The number of nitro groups is 1. The van der Waals surface area contributed by atoms with Crippen LogP contribution < -0.4 is 4.74 Å². The first-order valence-corrected chi connectivity index (χ1v) is 6.80. The number of rotatable bonds is 3. The third kappa shape index (κ3) is 3.08. The first kappa shape index (κ1) is 14.7. The van der Waals surface area contributed by atoms with Crippen molar-refractivity contribution in [2.75, 3.05) is 0 Å². The maximum Gasteiger partial charge on any atom is 0.276 e. The van der Waals surface area contributed by atoms with E-state index >= 15 is 0 Å². The second kappa shape index (κ2) is 5.76. The second-order valence-electron chi connectivity index (χ2n) is 4.20. The Labute approximate surface area is 128 Å². The van der Waals surface area contributed by atoms with Gasteiger partial charge in [0.1, 0.15) is 10.8 Å². The van der Waals surface area contributed by atoms with Gasteiger partial charge in [0.05, 0.1) is 11.0 Å². The summed E-state index contributed by atoms with van der Waals surface area (Å²) in [5.74, 6) is 0.565. The van der Waals surface area contributed by atoms with Gasteiger partial charge in [0.15, 0.2) is 0 Å². The molecule has 5 nitrogen and oxygen atoms in total. The number of ether oxygens (including phenoxy) is 1. The molecule has 1 aromatic heterocycles. The van der Waals surface area contributed by atoms with Crippen molar-refractivity contribution in [3.8, 4) is 11.6 Å². The number of benzene rings is 1. The predicted octanol–water partition coefficient (Wildman–Crippen LogP) is 4.81. The quantitative estimate of drug-likeness (QED) is 0.584. The fraction of sp³-hybridized carbons (Fsp3) is 0.154. The number of hydrogen-bond donors (Lipinski definition) is 0. The van der Waals surface area contributed by atoms with Gasteiger partial charge in [-0.2, -0.15) is 0 Å². The zero-order valence-corrected chi connectivity index (χ0v) is 13.0. The van der Waals surface area contributed by atoms with Crippen LogP contribution in [0.4, 0.5) is 5.69 Å². The van der Waals surface area contributed by atoms with Crippen LogP contribution in [0.3, 0.4) is 0 Å². The number of aromatic nitrogens is 1. The lowest BCUT2D eigenvalue weighted by molar-refractivity contribution is -0.385. The molecule has 104 valence electrons. The zero-order valence-electron chi connectivity index (χ0n) is 10.7. The summed E-state index contributed by atoms with van der Waals surface area (Å²) in [6, 6.07) is 4.72. The Morgan fingerprint density at radius 2 is 2.00 bits per heavy atom. The topological polar surface area (TPSA) is 65.3 Å². The summed E-state index contributed by atoms with van der Waals surface area (Å²) in [5, 5.41) is 11.3. The SMILES string of the molecule is Cc1cc(C)c([N+](=O)[O-])cc1Oc1ncc(Br)cc1Cl. The number of nitro benzene ring substituents is 1. The molecule has 0 bridgehead atoms. The van der Waals surface area contributed by atoms with Crippen molar-refractivity contribution in [1.29, 1.82) is 0 Å². The Kier molecular flexibility index (Phi) is 4.25. The molecule has 0 aliphatic carbocycles. The highest BCUT2D eigenvalue weighted by Crippen LogP contribution is 2.34. The molecule has 0 atom stereocenters. The van der Waals surface area contributed by atoms with Crippen LogP contribution in [0, 0.1) is 24.0 Å². The molecular weight excluding hydrogens is 348 g/mol. The Morgan fingerprint density at radius 3 is 2.60 bits per heavy atom. The van der Waals surface area contributed by atoms with Gasteiger partial charge >= 0.3 is 0 Å². The van der Waals surface area contributed by atoms with Crippen LogP contribution in [0.5, 0.6) is 11.6 Å². The first-order chi connectivity index (χ1) is 9.38. The number of pyridine rings is 1. The van der Waals surface area contributed by atoms with Crippen molar-refractivity contribution < 1.29 is 9.66 Å². The average Bonchev–Trinajstić information content (AvgIpc) is 2.35. The van der Waals surface area contributed by atoms with E-state index in [-0.39, 0.29) is 11.6 Å². The number of aryl methyl sites for hydroxylation is 2. The van der Waals surface area contributed by atoms with Crippen molar-refractivity contribution in [2.45, 2.75) is 13.8 Å². The van der Waals surface area contributed by atoms with E-state index in [4.69, 9.17) is 16.3 Å². The minimum Gasteiger partial charge on any atom is -0.437 e. The van der Waals surface area contributed by atoms with Gasteiger partial charge in [-0.05, 0) is 47.5 Å². The van der Waals surface area contributed by atoms with E-state index in [2.05, 4.69) is 20.9 Å². The third-order valence-electron chi connectivity index (χ3n) is 2.67. The monoisotopic (exact) mass is 356 g/mol. The molecular formula is C13H10BrClN2O3. The maximum absolute atomic E-state index is 11.0. The van der Waals surface area contributed by atoms with Crippen molar-refractivity contribution in [2.24, 2.45) is 0 Å². The first-order valence-electron chi connectivity index (χ1n) is 5.63. The van der Waals surface area contributed by atoms with Gasteiger partial charge in [-0.25, -0.2) is 4.98 Å². The molecule has 0 amide bonds. The van der Waals surface area contributed by atoms with Gasteiger partial charge in [-0.3, -0.25) is 10.1 Å². The highest BCUT2D eigenvalue weighted by Gasteiger charge is 2.16. The van der Waals surface area contributed by atoms with Crippen LogP contribution in [0.1, 0.15) is 11.1 Å². The molecule has 0 N–H and O–H groups in total. The molecule has 20 heavy (non-hydrogen) atoms. The maximum atomic E-state index is 11.0. The van der Waals surface area contributed by atoms with E-state index in [0.29, 0.717) is 16.3 Å². The molecule has 0 saturated carbocycles. The Morgan fingerprint density at radius 1 is 1.30 bits per heavy atom. The smallest absolute Gasteiger partial charge is 0.276 e. The zero-order chi connectivity index (χ0) is 14.9. The number of nitrogens with zero attached hydrogens (tertiary/aromatic N) is 2. The highest BCUT2D eigenvalue weighted by atomic mass is 79.9. The molecule has 0 saturated heterocycles. The van der Waals surface area contributed by atoms with E-state index in [1.165, 1.54) is 6.07 Å². The third-order valence-corrected chi connectivity index (χ3v) is 3.38. The lowest BCUT2D eigenvalue weighted by atomic mass is 10.1. The minimum absolute atomic E-state index is 0.00108. The Bertz CT molecular complexity index is 692. The van der Waals surface area contributed by atoms with Crippen LogP contribution in [0.25, 0.3) is 0 Å². The van der Waals surface area contributed by atoms with E-state index in [9.17, 15) is 10.1 Å². The summed E-state index contributed by atoms with van der Waals surface area (Å²) < 4.78 is 6.30. The van der Waals surface area contributed by atoms with E-state index in [0.717, 1.165) is 10.0 Å². The van der Waals surface area contributed by atoms with E-state index in [1.807, 2.05) is 0 Å². The van der Waals surface area contributed by atoms with Crippen molar-refractivity contribution >= 4 is 33.2 Å². The molecule has 0 radical (unpaired) electrons. The predicted molar refractivity (Wildman–Crippen MR) is 79.6 cm³/mol. The normalized spacial score (nSPS) is 10.4. The number of halogens is 2. The van der Waals surface area contributed by atoms with Gasteiger partial charge in [-0.15, -0.1) is 0 Å². The van der Waals surface area contributed by atoms with Crippen LogP contribution >= 0.6 is 27.5 Å². The van der Waals surface area contributed by atoms with Crippen molar-refractivity contribution in [3.05, 3.63) is 55.1 Å². The lowest BCUT2D eigenvalue weighted by Crippen LogP contribution is -1.96. The van der Waals surface area contributed by atoms with Gasteiger partial charge in [0.25, 0.3) is 5.69 Å². The van der Waals surface area contributed by atoms with Crippen LogP contribution in [0.15, 0.2) is 28.9 Å². The fourth-order valence-corrected chi connectivity index (χ4v) is 2.38. The number of hydrogen-bond acceptors (Lipinski definition) is 4. The largest absolute Gasteiger partial charge is 0.437 e. The van der Waals surface area contributed by atoms with Crippen molar-refractivity contribution in [1.82, 2.24) is 4.98 Å². The standard InChI is InChI=1S/C13H10BrClN2O3/c1-7-3-8(2)12(5-11(7)17(18)19)20-13-10(15)4-9(14)6-16-13/h3-6H,1-2H3. The summed E-state index contributed by atoms with van der Waals surface area (Å²) in [4.78, 5) is 14.5. The van der Waals surface area contributed by atoms with Gasteiger partial charge in [-0.1, -0.05) is 11.6 Å². The van der Waals surface area contributed by atoms with Crippen molar-refractivity contribution in [3.63, 3.8) is 0 Å². The van der Waals surface area contributed by atoms with Gasteiger partial charge in [0.2, 0.25) is 5.88 Å². The minimum atomic E-state index is -0.446. The van der Waals surface area contributed by atoms with Crippen LogP contribution in [0.2, 0.25) is 5.02 Å². The van der Waals surface area contributed by atoms with Gasteiger partial charge < -0.3 is 4.74 Å². The molecule has 1 heterocycles. The Balaban J connectivity index is 2.43. The molecule has 0 unspecified atom stereocenters. The summed E-state index contributed by atoms with van der Waals surface area (Å²) in [7, 11) is 0. The molecule has 7 heteroatoms. The van der Waals surface area contributed by atoms with E-state index in [1.54, 1.807) is 32.2 Å². The molecule has 0 fully saturated rings. The highest BCUT2D eigenvalue weighted by molar-refractivity contribution is 9.10. The fourth-order valence-electron chi connectivity index (χ4n) is 1.71. The summed E-state index contributed by atoms with van der Waals surface area (Å²) in [6.07, 6.45) is 1.54. The Hall–Kier alpha value is -1.66. The molecule has 0 aliphatic rings. The summed E-state index contributed by atoms with van der Waals surface area (Å²) in [5.41, 5.74) is 1.35.